The Balaban J connectivity index is 1.62. The van der Waals surface area contributed by atoms with Crippen molar-refractivity contribution in [3.8, 4) is 5.75 Å². The number of nitrogens with zero attached hydrogens (tertiary/aromatic N) is 1. The van der Waals surface area contributed by atoms with Gasteiger partial charge in [0.2, 0.25) is 6.10 Å². The normalized spacial score (nSPS) is 19.7. The molecule has 1 aromatic carbocycles. The Morgan fingerprint density at radius 2 is 1.71 bits per heavy atom. The van der Waals surface area contributed by atoms with Crippen molar-refractivity contribution < 1.29 is 47.8 Å². The first kappa shape index (κ1) is 25.7. The number of esters is 1. The van der Waals surface area contributed by atoms with E-state index < -0.39 is 36.2 Å². The van der Waals surface area contributed by atoms with Crippen LogP contribution in [-0.4, -0.2) is 47.9 Å². The highest BCUT2D eigenvalue weighted by Gasteiger charge is 2.35. The number of rotatable bonds is 7. The Morgan fingerprint density at radius 3 is 2.40 bits per heavy atom. The van der Waals surface area contributed by atoms with Gasteiger partial charge >= 0.3 is 18.3 Å². The Bertz CT molecular complexity index is 955. The van der Waals surface area contributed by atoms with Gasteiger partial charge in [-0.1, -0.05) is 29.7 Å². The second kappa shape index (κ2) is 12.5. The number of carbonyl (C=O) groups excluding carboxylic acids is 5. The fraction of sp³-hybridized carbons (Fsp3) is 0.458. The van der Waals surface area contributed by atoms with Gasteiger partial charge < -0.3 is 18.9 Å². The summed E-state index contributed by atoms with van der Waals surface area (Å²) >= 11 is 0. The molecule has 0 radical (unpaired) electrons. The van der Waals surface area contributed by atoms with E-state index in [9.17, 15) is 24.0 Å². The predicted molar refractivity (Wildman–Crippen MR) is 118 cm³/mol. The Labute approximate surface area is 201 Å². The van der Waals surface area contributed by atoms with Crippen molar-refractivity contribution in [2.45, 2.75) is 64.1 Å². The average molecular weight is 489 g/mol. The van der Waals surface area contributed by atoms with Crippen molar-refractivity contribution in [2.75, 3.05) is 6.61 Å². The van der Waals surface area contributed by atoms with E-state index in [0.717, 1.165) is 25.7 Å². The largest absolute Gasteiger partial charge is 0.535 e. The van der Waals surface area contributed by atoms with E-state index >= 15 is 0 Å². The molecule has 11 heteroatoms. The first-order valence-electron chi connectivity index (χ1n) is 11.4. The molecule has 1 fully saturated rings. The van der Waals surface area contributed by atoms with Gasteiger partial charge in [0.15, 0.2) is 0 Å². The molecule has 0 bridgehead atoms. The van der Waals surface area contributed by atoms with Gasteiger partial charge in [0.25, 0.3) is 11.8 Å². The van der Waals surface area contributed by atoms with Gasteiger partial charge in [0.05, 0.1) is 6.61 Å². The summed E-state index contributed by atoms with van der Waals surface area (Å²) in [4.78, 5) is 64.6. The van der Waals surface area contributed by atoms with Crippen LogP contribution in [0.3, 0.4) is 0 Å². The van der Waals surface area contributed by atoms with Crippen molar-refractivity contribution in [2.24, 2.45) is 0 Å². The van der Waals surface area contributed by atoms with Gasteiger partial charge in [-0.25, -0.2) is 14.4 Å². The summed E-state index contributed by atoms with van der Waals surface area (Å²) in [7, 11) is 0. The molecule has 188 valence electrons. The summed E-state index contributed by atoms with van der Waals surface area (Å²) in [5.41, 5.74) is 0.183. The minimum absolute atomic E-state index is 0.0134. The van der Waals surface area contributed by atoms with Gasteiger partial charge in [0.1, 0.15) is 11.9 Å². The minimum atomic E-state index is -1.55. The molecule has 0 N–H and O–H groups in total. The van der Waals surface area contributed by atoms with E-state index in [0.29, 0.717) is 11.5 Å². The molecule has 35 heavy (non-hydrogen) atoms. The number of amides is 2. The second-order valence-electron chi connectivity index (χ2n) is 7.82. The van der Waals surface area contributed by atoms with Crippen molar-refractivity contribution in [1.82, 2.24) is 5.06 Å². The molecular weight excluding hydrogens is 462 g/mol. The Morgan fingerprint density at radius 1 is 1.00 bits per heavy atom. The zero-order valence-electron chi connectivity index (χ0n) is 19.3. The number of imide groups is 1. The smallest absolute Gasteiger partial charge is 0.463 e. The van der Waals surface area contributed by atoms with Crippen molar-refractivity contribution >= 4 is 30.1 Å². The lowest BCUT2D eigenvalue weighted by Crippen LogP contribution is -2.33. The SMILES string of the molecule is CCOC(=O)C(OC(=O)ON1C(=O)CCC1=O)c1ccc(OC(=O)OC2/C=C/CCCCC2)cc1. The lowest BCUT2D eigenvalue weighted by Gasteiger charge is -2.18. The summed E-state index contributed by atoms with van der Waals surface area (Å²) in [5, 5.41) is 0.304. The lowest BCUT2D eigenvalue weighted by atomic mass is 10.0. The third kappa shape index (κ3) is 7.56. The zero-order valence-corrected chi connectivity index (χ0v) is 19.3. The first-order valence-corrected chi connectivity index (χ1v) is 11.4. The summed E-state index contributed by atoms with van der Waals surface area (Å²) in [6.45, 7) is 1.59. The van der Waals surface area contributed by atoms with E-state index in [1.54, 1.807) is 6.92 Å². The number of carbonyl (C=O) groups is 5. The highest BCUT2D eigenvalue weighted by atomic mass is 16.8. The van der Waals surface area contributed by atoms with E-state index in [2.05, 4.69) is 4.84 Å². The molecular formula is C24H27NO10. The maximum absolute atomic E-state index is 12.4. The molecule has 1 aromatic rings. The molecule has 3 rings (SSSR count). The van der Waals surface area contributed by atoms with E-state index in [1.807, 2.05) is 12.2 Å². The molecule has 2 unspecified atom stereocenters. The molecule has 1 aliphatic heterocycles. The fourth-order valence-corrected chi connectivity index (χ4v) is 3.50. The zero-order chi connectivity index (χ0) is 25.2. The van der Waals surface area contributed by atoms with Crippen LogP contribution in [0.15, 0.2) is 36.4 Å². The Kier molecular flexibility index (Phi) is 9.22. The van der Waals surface area contributed by atoms with E-state index in [4.69, 9.17) is 18.9 Å². The highest BCUT2D eigenvalue weighted by Crippen LogP contribution is 2.24. The quantitative estimate of drug-likeness (QED) is 0.182. The van der Waals surface area contributed by atoms with Crippen LogP contribution in [0.1, 0.15) is 63.5 Å². The van der Waals surface area contributed by atoms with Crippen LogP contribution in [0.5, 0.6) is 5.75 Å². The van der Waals surface area contributed by atoms with Crippen LogP contribution in [0, 0.1) is 0 Å². The third-order valence-electron chi connectivity index (χ3n) is 5.23. The van der Waals surface area contributed by atoms with Crippen molar-refractivity contribution in [3.63, 3.8) is 0 Å². The van der Waals surface area contributed by atoms with Gasteiger partial charge in [-0.3, -0.25) is 14.4 Å². The number of hydrogen-bond donors (Lipinski definition) is 0. The third-order valence-corrected chi connectivity index (χ3v) is 5.23. The monoisotopic (exact) mass is 489 g/mol. The van der Waals surface area contributed by atoms with Crippen LogP contribution in [-0.2, 0) is 33.4 Å². The maximum Gasteiger partial charge on any atom is 0.535 e. The molecule has 0 saturated carbocycles. The summed E-state index contributed by atoms with van der Waals surface area (Å²) < 4.78 is 20.5. The fourth-order valence-electron chi connectivity index (χ4n) is 3.50. The predicted octanol–water partition coefficient (Wildman–Crippen LogP) is 3.91. The van der Waals surface area contributed by atoms with E-state index in [1.165, 1.54) is 24.3 Å². The molecule has 2 amide bonds. The number of hydrogen-bond acceptors (Lipinski definition) is 10. The van der Waals surface area contributed by atoms with Crippen LogP contribution >= 0.6 is 0 Å². The average Bonchev–Trinajstić information content (AvgIpc) is 3.12. The molecule has 0 spiro atoms. The number of hydroxylamine groups is 2. The van der Waals surface area contributed by atoms with E-state index in [-0.39, 0.29) is 36.9 Å². The van der Waals surface area contributed by atoms with Crippen molar-refractivity contribution in [1.29, 1.82) is 0 Å². The lowest BCUT2D eigenvalue weighted by molar-refractivity contribution is -0.181. The highest BCUT2D eigenvalue weighted by molar-refractivity contribution is 6.01. The maximum atomic E-state index is 12.4. The molecule has 1 saturated heterocycles. The van der Waals surface area contributed by atoms with Crippen LogP contribution in [0.4, 0.5) is 9.59 Å². The number of ether oxygens (including phenoxy) is 4. The molecule has 1 heterocycles. The standard InChI is InChI=1S/C24H27NO10/c1-2-31-22(28)21(34-24(30)35-25-19(26)14-15-20(25)27)16-10-12-18(13-11-16)33-23(29)32-17-8-6-4-3-5-7-9-17/h6,8,10-13,17,21H,2-5,7,9,14-15H2,1H3/b8-6+. The summed E-state index contributed by atoms with van der Waals surface area (Å²) in [6, 6.07) is 5.55. The first-order chi connectivity index (χ1) is 16.9. The minimum Gasteiger partial charge on any atom is -0.463 e. The van der Waals surface area contributed by atoms with Gasteiger partial charge in [0, 0.05) is 18.4 Å². The van der Waals surface area contributed by atoms with Gasteiger partial charge in [-0.15, -0.1) is 0 Å². The van der Waals surface area contributed by atoms with Crippen LogP contribution in [0.25, 0.3) is 0 Å². The molecule has 2 aliphatic rings. The molecule has 0 aromatic heterocycles. The molecule has 1 aliphatic carbocycles. The summed E-state index contributed by atoms with van der Waals surface area (Å²) in [5.74, 6) is -2.13. The number of allylic oxidation sites excluding steroid dienone is 1. The molecule has 2 atom stereocenters. The summed E-state index contributed by atoms with van der Waals surface area (Å²) in [6.07, 6.45) is 4.27. The number of benzene rings is 1. The topological polar surface area (TPSA) is 135 Å². The second-order valence-corrected chi connectivity index (χ2v) is 7.82. The van der Waals surface area contributed by atoms with Crippen LogP contribution in [0.2, 0.25) is 0 Å². The van der Waals surface area contributed by atoms with Gasteiger partial charge in [-0.05, 0) is 50.8 Å². The van der Waals surface area contributed by atoms with Crippen LogP contribution < -0.4 is 4.74 Å². The molecule has 11 nitrogen and oxygen atoms in total. The van der Waals surface area contributed by atoms with Crippen molar-refractivity contribution in [3.05, 3.63) is 42.0 Å². The Hall–Kier alpha value is -3.89. The van der Waals surface area contributed by atoms with Gasteiger partial charge in [-0.2, -0.15) is 0 Å².